The van der Waals surface area contributed by atoms with Gasteiger partial charge < -0.3 is 10.6 Å². The maximum atomic E-state index is 13.4. The van der Waals surface area contributed by atoms with Crippen LogP contribution in [0.2, 0.25) is 5.15 Å². The Kier molecular flexibility index (Phi) is 5.62. The Morgan fingerprint density at radius 1 is 1.21 bits per heavy atom. The molecule has 1 aromatic carbocycles. The lowest BCUT2D eigenvalue weighted by Crippen LogP contribution is -2.64. The highest BCUT2D eigenvalue weighted by atomic mass is 35.5. The molecule has 1 aromatic heterocycles. The van der Waals surface area contributed by atoms with Gasteiger partial charge in [-0.1, -0.05) is 35.9 Å². The standard InChI is InChI=1S/C21H24ClFN4O/c22-18-11-15(12-19(23)26-18)5-6-25-20(28)21(27-9-7-24-8-10-27)13-16-3-1-2-4-17(16)14-21/h1-4,11-12,24H,5-10,13-14H2,(H,25,28). The van der Waals surface area contributed by atoms with Crippen LogP contribution in [0, 0.1) is 5.95 Å². The van der Waals surface area contributed by atoms with Gasteiger partial charge in [0.15, 0.2) is 0 Å². The molecular formula is C21H24ClFN4O. The van der Waals surface area contributed by atoms with E-state index in [1.165, 1.54) is 17.2 Å². The topological polar surface area (TPSA) is 57.3 Å². The van der Waals surface area contributed by atoms with Gasteiger partial charge in [-0.15, -0.1) is 0 Å². The second-order valence-electron chi connectivity index (χ2n) is 7.52. The lowest BCUT2D eigenvalue weighted by atomic mass is 9.91. The first-order valence-electron chi connectivity index (χ1n) is 9.70. The first-order chi connectivity index (χ1) is 13.6. The molecule has 2 N–H and O–H groups in total. The van der Waals surface area contributed by atoms with Gasteiger partial charge in [0.05, 0.1) is 0 Å². The lowest BCUT2D eigenvalue weighted by molar-refractivity contribution is -0.133. The number of rotatable bonds is 5. The number of piperazine rings is 1. The van der Waals surface area contributed by atoms with Crippen molar-refractivity contribution in [1.82, 2.24) is 20.5 Å². The number of halogens is 2. The van der Waals surface area contributed by atoms with Crippen molar-refractivity contribution in [3.8, 4) is 0 Å². The molecule has 4 rings (SSSR count). The Labute approximate surface area is 169 Å². The number of nitrogens with one attached hydrogen (secondary N) is 2. The van der Waals surface area contributed by atoms with Crippen LogP contribution in [0.25, 0.3) is 0 Å². The summed E-state index contributed by atoms with van der Waals surface area (Å²) in [6.45, 7) is 3.92. The summed E-state index contributed by atoms with van der Waals surface area (Å²) < 4.78 is 13.4. The van der Waals surface area contributed by atoms with Gasteiger partial charge in [-0.25, -0.2) is 4.98 Å². The highest BCUT2D eigenvalue weighted by Gasteiger charge is 2.48. The summed E-state index contributed by atoms with van der Waals surface area (Å²) in [4.78, 5) is 19.2. The number of nitrogens with zero attached hydrogens (tertiary/aromatic N) is 2. The van der Waals surface area contributed by atoms with Gasteiger partial charge in [-0.2, -0.15) is 4.39 Å². The molecule has 2 aliphatic rings. The third-order valence-corrected chi connectivity index (χ3v) is 5.94. The molecule has 0 atom stereocenters. The largest absolute Gasteiger partial charge is 0.354 e. The van der Waals surface area contributed by atoms with Crippen molar-refractivity contribution in [3.63, 3.8) is 0 Å². The summed E-state index contributed by atoms with van der Waals surface area (Å²) in [7, 11) is 0. The maximum absolute atomic E-state index is 13.4. The average molecular weight is 403 g/mol. The van der Waals surface area contributed by atoms with E-state index < -0.39 is 11.5 Å². The Balaban J connectivity index is 1.48. The number of amides is 1. The minimum atomic E-state index is -0.600. The molecule has 1 fully saturated rings. The summed E-state index contributed by atoms with van der Waals surface area (Å²) in [6.07, 6.45) is 1.96. The van der Waals surface area contributed by atoms with Crippen LogP contribution in [0.1, 0.15) is 16.7 Å². The average Bonchev–Trinajstić information content (AvgIpc) is 3.09. The number of benzene rings is 1. The van der Waals surface area contributed by atoms with Crippen molar-refractivity contribution in [2.75, 3.05) is 32.7 Å². The smallest absolute Gasteiger partial charge is 0.241 e. The predicted molar refractivity (Wildman–Crippen MR) is 107 cm³/mol. The number of pyridine rings is 1. The molecule has 0 radical (unpaired) electrons. The van der Waals surface area contributed by atoms with Crippen molar-refractivity contribution >= 4 is 17.5 Å². The van der Waals surface area contributed by atoms with Crippen LogP contribution in [0.15, 0.2) is 36.4 Å². The molecule has 1 saturated heterocycles. The highest BCUT2D eigenvalue weighted by molar-refractivity contribution is 6.29. The first-order valence-corrected chi connectivity index (χ1v) is 10.1. The fourth-order valence-electron chi connectivity index (χ4n) is 4.36. The van der Waals surface area contributed by atoms with Gasteiger partial charge >= 0.3 is 0 Å². The van der Waals surface area contributed by atoms with Crippen molar-refractivity contribution in [2.45, 2.75) is 24.8 Å². The molecular weight excluding hydrogens is 379 g/mol. The van der Waals surface area contributed by atoms with Crippen molar-refractivity contribution in [1.29, 1.82) is 0 Å². The van der Waals surface area contributed by atoms with Crippen molar-refractivity contribution in [3.05, 3.63) is 64.2 Å². The SMILES string of the molecule is O=C(NCCc1cc(F)nc(Cl)c1)C1(N2CCNCC2)Cc2ccccc2C1. The molecule has 28 heavy (non-hydrogen) atoms. The summed E-state index contributed by atoms with van der Waals surface area (Å²) in [6, 6.07) is 11.3. The quantitative estimate of drug-likeness (QED) is 0.751. The number of fused-ring (bicyclic) bond motifs is 1. The number of carbonyl (C=O) groups is 1. The van der Waals surface area contributed by atoms with Crippen molar-refractivity contribution in [2.24, 2.45) is 0 Å². The Morgan fingerprint density at radius 3 is 2.54 bits per heavy atom. The first kappa shape index (κ1) is 19.3. The highest BCUT2D eigenvalue weighted by Crippen LogP contribution is 2.35. The third kappa shape index (κ3) is 3.90. The number of aromatic nitrogens is 1. The van der Waals surface area contributed by atoms with Gasteiger partial charge in [0.2, 0.25) is 11.9 Å². The summed E-state index contributed by atoms with van der Waals surface area (Å²) in [5.41, 5.74) is 2.68. The van der Waals surface area contributed by atoms with Crippen LogP contribution >= 0.6 is 11.6 Å². The lowest BCUT2D eigenvalue weighted by Gasteiger charge is -2.42. The zero-order chi connectivity index (χ0) is 19.6. The number of hydrogen-bond acceptors (Lipinski definition) is 4. The molecule has 1 aliphatic carbocycles. The molecule has 0 spiro atoms. The minimum Gasteiger partial charge on any atom is -0.354 e. The van der Waals surface area contributed by atoms with Gasteiger partial charge in [0.1, 0.15) is 10.7 Å². The van der Waals surface area contributed by atoms with E-state index in [1.807, 2.05) is 12.1 Å². The van der Waals surface area contributed by atoms with Crippen LogP contribution in [-0.2, 0) is 24.1 Å². The van der Waals surface area contributed by atoms with Gasteiger partial charge in [-0.05, 0) is 35.2 Å². The van der Waals surface area contributed by atoms with Gasteiger partial charge in [-0.3, -0.25) is 9.69 Å². The molecule has 0 saturated carbocycles. The summed E-state index contributed by atoms with van der Waals surface area (Å²) in [5, 5.41) is 6.59. The molecule has 2 aromatic rings. The van der Waals surface area contributed by atoms with Crippen LogP contribution in [-0.4, -0.2) is 54.1 Å². The van der Waals surface area contributed by atoms with Gasteiger partial charge in [0.25, 0.3) is 0 Å². The molecule has 5 nitrogen and oxygen atoms in total. The normalized spacial score (nSPS) is 18.6. The Morgan fingerprint density at radius 2 is 1.89 bits per heavy atom. The van der Waals surface area contributed by atoms with Gasteiger partial charge in [0, 0.05) is 45.6 Å². The second kappa shape index (κ2) is 8.15. The molecule has 0 bridgehead atoms. The summed E-state index contributed by atoms with van der Waals surface area (Å²) >= 11 is 5.82. The zero-order valence-electron chi connectivity index (χ0n) is 15.7. The molecule has 2 heterocycles. The minimum absolute atomic E-state index is 0.0474. The molecule has 0 unspecified atom stereocenters. The molecule has 7 heteroatoms. The predicted octanol–water partition coefficient (Wildman–Crippen LogP) is 1.98. The maximum Gasteiger partial charge on any atom is 0.241 e. The van der Waals surface area contributed by atoms with Crippen molar-refractivity contribution < 1.29 is 9.18 Å². The van der Waals surface area contributed by atoms with E-state index in [0.717, 1.165) is 44.6 Å². The van der Waals surface area contributed by atoms with E-state index in [1.54, 1.807) is 6.07 Å². The fraction of sp³-hybridized carbons (Fsp3) is 0.429. The van der Waals surface area contributed by atoms with Crippen LogP contribution < -0.4 is 10.6 Å². The number of carbonyl (C=O) groups excluding carboxylic acids is 1. The molecule has 148 valence electrons. The second-order valence-corrected chi connectivity index (χ2v) is 7.90. The van der Waals surface area contributed by atoms with E-state index >= 15 is 0 Å². The van der Waals surface area contributed by atoms with Crippen LogP contribution in [0.3, 0.4) is 0 Å². The van der Waals surface area contributed by atoms with E-state index in [4.69, 9.17) is 11.6 Å². The molecule has 1 amide bonds. The van der Waals surface area contributed by atoms with E-state index in [2.05, 4.69) is 32.7 Å². The Hall–Kier alpha value is -2.02. The Bertz CT molecular complexity index is 824. The molecule has 1 aliphatic heterocycles. The van der Waals surface area contributed by atoms with E-state index in [0.29, 0.717) is 13.0 Å². The fourth-order valence-corrected chi connectivity index (χ4v) is 4.58. The van der Waals surface area contributed by atoms with Crippen LogP contribution in [0.4, 0.5) is 4.39 Å². The van der Waals surface area contributed by atoms with E-state index in [-0.39, 0.29) is 11.1 Å². The monoisotopic (exact) mass is 402 g/mol. The summed E-state index contributed by atoms with van der Waals surface area (Å²) in [5.74, 6) is -0.552. The zero-order valence-corrected chi connectivity index (χ0v) is 16.4. The van der Waals surface area contributed by atoms with Crippen LogP contribution in [0.5, 0.6) is 0 Å². The third-order valence-electron chi connectivity index (χ3n) is 5.75. The number of hydrogen-bond donors (Lipinski definition) is 2. The van der Waals surface area contributed by atoms with E-state index in [9.17, 15) is 9.18 Å².